The lowest BCUT2D eigenvalue weighted by molar-refractivity contribution is 0.0378. The molecule has 0 aliphatic heterocycles. The van der Waals surface area contributed by atoms with Crippen molar-refractivity contribution in [3.63, 3.8) is 0 Å². The first-order valence-corrected chi connectivity index (χ1v) is 8.16. The molecule has 6 nitrogen and oxygen atoms in total. The average Bonchev–Trinajstić information content (AvgIpc) is 2.82. The van der Waals surface area contributed by atoms with Crippen molar-refractivity contribution >= 4 is 28.2 Å². The molecule has 0 saturated carbocycles. The smallest absolute Gasteiger partial charge is 0.341 e. The van der Waals surface area contributed by atoms with E-state index in [4.69, 9.17) is 4.74 Å². The third kappa shape index (κ3) is 3.92. The molecule has 0 saturated heterocycles. The van der Waals surface area contributed by atoms with Gasteiger partial charge in [-0.25, -0.2) is 9.78 Å². The largest absolute Gasteiger partial charge is 0.459 e. The molecule has 0 bridgehead atoms. The van der Waals surface area contributed by atoms with Gasteiger partial charge in [0.2, 0.25) is 0 Å². The predicted molar refractivity (Wildman–Crippen MR) is 89.0 cm³/mol. The number of nitrogens with one attached hydrogen (secondary N) is 1. The number of esters is 1. The number of rotatable bonds is 5. The Bertz CT molecular complexity index is 711. The van der Waals surface area contributed by atoms with Crippen LogP contribution >= 0.6 is 11.3 Å². The Kier molecular flexibility index (Phi) is 5.44. The van der Waals surface area contributed by atoms with E-state index in [0.717, 1.165) is 10.4 Å². The molecular formula is C16H19N3O3S. The van der Waals surface area contributed by atoms with Gasteiger partial charge in [0.15, 0.2) is 0 Å². The summed E-state index contributed by atoms with van der Waals surface area (Å²) in [5, 5.41) is 3.24. The van der Waals surface area contributed by atoms with Crippen molar-refractivity contribution in [2.45, 2.75) is 40.2 Å². The van der Waals surface area contributed by atoms with Crippen LogP contribution in [0.3, 0.4) is 0 Å². The highest BCUT2D eigenvalue weighted by Gasteiger charge is 2.24. The van der Waals surface area contributed by atoms with Crippen LogP contribution in [0.1, 0.15) is 52.1 Å². The summed E-state index contributed by atoms with van der Waals surface area (Å²) in [5.74, 6) is -0.823. The first kappa shape index (κ1) is 17.1. The number of carbonyl (C=O) groups is 2. The van der Waals surface area contributed by atoms with E-state index in [1.54, 1.807) is 13.8 Å². The molecule has 0 unspecified atom stereocenters. The van der Waals surface area contributed by atoms with Gasteiger partial charge < -0.3 is 10.1 Å². The lowest BCUT2D eigenvalue weighted by Gasteiger charge is -2.11. The number of amides is 1. The van der Waals surface area contributed by atoms with Crippen molar-refractivity contribution in [3.8, 4) is 0 Å². The molecule has 2 heterocycles. The van der Waals surface area contributed by atoms with Gasteiger partial charge in [0.05, 0.1) is 17.9 Å². The van der Waals surface area contributed by atoms with E-state index in [2.05, 4.69) is 15.3 Å². The Hall–Kier alpha value is -2.28. The summed E-state index contributed by atoms with van der Waals surface area (Å²) in [6.07, 6.45) is 4.78. The topological polar surface area (TPSA) is 81.2 Å². The van der Waals surface area contributed by atoms with Gasteiger partial charge in [0.25, 0.3) is 5.91 Å². The van der Waals surface area contributed by atoms with Crippen molar-refractivity contribution in [1.29, 1.82) is 0 Å². The van der Waals surface area contributed by atoms with Crippen molar-refractivity contribution in [2.24, 2.45) is 0 Å². The lowest BCUT2D eigenvalue weighted by Crippen LogP contribution is -2.18. The Labute approximate surface area is 138 Å². The lowest BCUT2D eigenvalue weighted by atomic mass is 10.1. The van der Waals surface area contributed by atoms with Crippen LogP contribution in [0.25, 0.3) is 0 Å². The average molecular weight is 333 g/mol. The van der Waals surface area contributed by atoms with Crippen LogP contribution in [0.2, 0.25) is 0 Å². The van der Waals surface area contributed by atoms with E-state index < -0.39 is 11.9 Å². The number of nitrogens with zero attached hydrogens (tertiary/aromatic N) is 2. The maximum Gasteiger partial charge on any atom is 0.341 e. The fourth-order valence-corrected chi connectivity index (χ4v) is 3.29. The highest BCUT2D eigenvalue weighted by molar-refractivity contribution is 7.16. The molecule has 122 valence electrons. The summed E-state index contributed by atoms with van der Waals surface area (Å²) >= 11 is 1.36. The molecule has 2 rings (SSSR count). The zero-order valence-corrected chi connectivity index (χ0v) is 14.4. The molecule has 2 aromatic rings. The van der Waals surface area contributed by atoms with Crippen LogP contribution in [0.5, 0.6) is 0 Å². The normalized spacial score (nSPS) is 10.7. The summed E-state index contributed by atoms with van der Waals surface area (Å²) in [6, 6.07) is 0. The monoisotopic (exact) mass is 333 g/mol. The number of ether oxygens (including phenoxy) is 1. The van der Waals surface area contributed by atoms with Gasteiger partial charge in [-0.3, -0.25) is 9.78 Å². The van der Waals surface area contributed by atoms with E-state index >= 15 is 0 Å². The van der Waals surface area contributed by atoms with Crippen molar-refractivity contribution < 1.29 is 14.3 Å². The van der Waals surface area contributed by atoms with Crippen molar-refractivity contribution in [3.05, 3.63) is 40.3 Å². The Morgan fingerprint density at radius 1 is 1.35 bits per heavy atom. The number of hydrogen-bond donors (Lipinski definition) is 1. The van der Waals surface area contributed by atoms with E-state index in [1.807, 2.05) is 13.8 Å². The van der Waals surface area contributed by atoms with Gasteiger partial charge >= 0.3 is 5.97 Å². The zero-order chi connectivity index (χ0) is 17.0. The maximum atomic E-state index is 12.4. The summed E-state index contributed by atoms with van der Waals surface area (Å²) < 4.78 is 5.31. The fourth-order valence-electron chi connectivity index (χ4n) is 2.16. The van der Waals surface area contributed by atoms with E-state index in [-0.39, 0.29) is 11.8 Å². The third-order valence-corrected chi connectivity index (χ3v) is 4.20. The third-order valence-electron chi connectivity index (χ3n) is 3.13. The maximum absolute atomic E-state index is 12.4. The molecule has 0 aliphatic carbocycles. The molecule has 0 atom stereocenters. The number of hydrogen-bond acceptors (Lipinski definition) is 6. The Morgan fingerprint density at radius 2 is 2.09 bits per heavy atom. The number of aromatic nitrogens is 2. The Balaban J connectivity index is 2.35. The summed E-state index contributed by atoms with van der Waals surface area (Å²) in [5.41, 5.74) is 1.52. The van der Waals surface area contributed by atoms with Crippen molar-refractivity contribution in [1.82, 2.24) is 9.97 Å². The summed E-state index contributed by atoms with van der Waals surface area (Å²) in [7, 11) is 0. The van der Waals surface area contributed by atoms with Gasteiger partial charge in [-0.15, -0.1) is 11.3 Å². The SMILES string of the molecule is CCc1c(C)sc(NC(=O)c2cnccn2)c1C(=O)OC(C)C. The molecule has 1 amide bonds. The van der Waals surface area contributed by atoms with Crippen LogP contribution in [-0.2, 0) is 11.2 Å². The molecule has 0 fully saturated rings. The Morgan fingerprint density at radius 3 is 2.65 bits per heavy atom. The van der Waals surface area contributed by atoms with Gasteiger partial charge in [0.1, 0.15) is 10.7 Å². The molecule has 0 spiro atoms. The predicted octanol–water partition coefficient (Wildman–Crippen LogP) is 3.23. The molecule has 7 heteroatoms. The first-order chi connectivity index (χ1) is 10.9. The molecular weight excluding hydrogens is 314 g/mol. The van der Waals surface area contributed by atoms with Gasteiger partial charge in [0, 0.05) is 17.3 Å². The number of aryl methyl sites for hydroxylation is 1. The molecule has 2 aromatic heterocycles. The minimum absolute atomic E-state index is 0.194. The molecule has 0 aliphatic rings. The quantitative estimate of drug-likeness (QED) is 0.850. The molecule has 0 aromatic carbocycles. The van der Waals surface area contributed by atoms with Gasteiger partial charge in [-0.2, -0.15) is 0 Å². The van der Waals surface area contributed by atoms with Crippen LogP contribution in [0.4, 0.5) is 5.00 Å². The molecule has 23 heavy (non-hydrogen) atoms. The summed E-state index contributed by atoms with van der Waals surface area (Å²) in [6.45, 7) is 7.48. The van der Waals surface area contributed by atoms with E-state index in [9.17, 15) is 9.59 Å². The molecule has 1 N–H and O–H groups in total. The second kappa shape index (κ2) is 7.32. The minimum atomic E-state index is -0.421. The highest BCUT2D eigenvalue weighted by Crippen LogP contribution is 2.34. The molecule has 0 radical (unpaired) electrons. The van der Waals surface area contributed by atoms with Crippen molar-refractivity contribution in [2.75, 3.05) is 5.32 Å². The number of thiophene rings is 1. The minimum Gasteiger partial charge on any atom is -0.459 e. The van der Waals surface area contributed by atoms with Crippen LogP contribution in [-0.4, -0.2) is 27.9 Å². The van der Waals surface area contributed by atoms with E-state index in [1.165, 1.54) is 29.9 Å². The second-order valence-corrected chi connectivity index (χ2v) is 6.42. The number of anilines is 1. The standard InChI is InChI=1S/C16H19N3O3S/c1-5-11-10(4)23-15(13(11)16(21)22-9(2)3)19-14(20)12-8-17-6-7-18-12/h6-9H,5H2,1-4H3,(H,19,20). The number of carbonyl (C=O) groups excluding carboxylic acids is 2. The zero-order valence-electron chi connectivity index (χ0n) is 13.5. The fraction of sp³-hybridized carbons (Fsp3) is 0.375. The summed E-state index contributed by atoms with van der Waals surface area (Å²) in [4.78, 5) is 33.5. The van der Waals surface area contributed by atoms with Gasteiger partial charge in [-0.1, -0.05) is 6.92 Å². The van der Waals surface area contributed by atoms with Gasteiger partial charge in [-0.05, 0) is 32.8 Å². The first-order valence-electron chi connectivity index (χ1n) is 7.34. The van der Waals surface area contributed by atoms with E-state index in [0.29, 0.717) is 17.0 Å². The van der Waals surface area contributed by atoms with Crippen LogP contribution in [0.15, 0.2) is 18.6 Å². The van der Waals surface area contributed by atoms with Crippen LogP contribution in [0, 0.1) is 6.92 Å². The van der Waals surface area contributed by atoms with Crippen LogP contribution < -0.4 is 5.32 Å². The highest BCUT2D eigenvalue weighted by atomic mass is 32.1. The second-order valence-electron chi connectivity index (χ2n) is 5.19.